The highest BCUT2D eigenvalue weighted by Crippen LogP contribution is 2.19. The van der Waals surface area contributed by atoms with Crippen LogP contribution in [0.15, 0.2) is 71.6 Å². The summed E-state index contributed by atoms with van der Waals surface area (Å²) in [5, 5.41) is 20.0. The molecular weight excluding hydrogens is 364 g/mol. The molecule has 0 amide bonds. The quantitative estimate of drug-likeness (QED) is 0.684. The number of rotatable bonds is 6. The second-order valence-corrected chi connectivity index (χ2v) is 7.75. The number of nitriles is 1. The fourth-order valence-corrected chi connectivity index (χ4v) is 4.00. The Balaban J connectivity index is 1.87. The van der Waals surface area contributed by atoms with Gasteiger partial charge in [0.2, 0.25) is 10.0 Å². The molecule has 0 saturated carbocycles. The van der Waals surface area contributed by atoms with Crippen molar-refractivity contribution in [3.8, 4) is 6.07 Å². The van der Waals surface area contributed by atoms with Crippen LogP contribution >= 0.6 is 0 Å². The van der Waals surface area contributed by atoms with E-state index in [1.165, 1.54) is 12.1 Å². The average molecular weight is 380 g/mol. The molecule has 27 heavy (non-hydrogen) atoms. The lowest BCUT2D eigenvalue weighted by atomic mass is 10.0. The van der Waals surface area contributed by atoms with Crippen molar-refractivity contribution in [1.29, 1.82) is 5.26 Å². The van der Waals surface area contributed by atoms with Crippen LogP contribution in [0.3, 0.4) is 0 Å². The van der Waals surface area contributed by atoms with Gasteiger partial charge in [0.05, 0.1) is 16.5 Å². The summed E-state index contributed by atoms with van der Waals surface area (Å²) in [6, 6.07) is 19.0. The van der Waals surface area contributed by atoms with E-state index in [1.807, 2.05) is 18.2 Å². The van der Waals surface area contributed by atoms with Crippen molar-refractivity contribution in [3.63, 3.8) is 0 Å². The first kappa shape index (κ1) is 18.6. The van der Waals surface area contributed by atoms with Crippen molar-refractivity contribution in [3.05, 3.63) is 77.9 Å². The van der Waals surface area contributed by atoms with E-state index in [1.54, 1.807) is 42.5 Å². The number of nitrogens with one attached hydrogen (secondary N) is 1. The van der Waals surface area contributed by atoms with Gasteiger partial charge in [0.25, 0.3) is 0 Å². The van der Waals surface area contributed by atoms with Gasteiger partial charge in [-0.15, -0.1) is 0 Å². The number of nitrogens with zero attached hydrogens (tertiary/aromatic N) is 1. The maximum absolute atomic E-state index is 12.7. The smallest absolute Gasteiger partial charge is 0.322 e. The van der Waals surface area contributed by atoms with Crippen LogP contribution in [0.5, 0.6) is 0 Å². The molecule has 2 N–H and O–H groups in total. The molecule has 0 spiro atoms. The van der Waals surface area contributed by atoms with Gasteiger partial charge >= 0.3 is 5.97 Å². The largest absolute Gasteiger partial charge is 0.480 e. The molecule has 3 aromatic rings. The molecule has 0 radical (unpaired) electrons. The Morgan fingerprint density at radius 3 is 2.48 bits per heavy atom. The van der Waals surface area contributed by atoms with Gasteiger partial charge in [0.15, 0.2) is 0 Å². The highest BCUT2D eigenvalue weighted by atomic mass is 32.2. The molecule has 3 rings (SSSR count). The summed E-state index contributed by atoms with van der Waals surface area (Å²) in [6.45, 7) is 0. The number of carboxylic acid groups (broad SMARTS) is 1. The van der Waals surface area contributed by atoms with E-state index in [0.29, 0.717) is 11.1 Å². The van der Waals surface area contributed by atoms with Crippen LogP contribution in [0, 0.1) is 11.3 Å². The summed E-state index contributed by atoms with van der Waals surface area (Å²) < 4.78 is 27.6. The first-order valence-electron chi connectivity index (χ1n) is 8.12. The zero-order chi connectivity index (χ0) is 19.4. The zero-order valence-electron chi connectivity index (χ0n) is 14.2. The van der Waals surface area contributed by atoms with E-state index in [2.05, 4.69) is 4.72 Å². The van der Waals surface area contributed by atoms with Crippen LogP contribution < -0.4 is 4.72 Å². The Morgan fingerprint density at radius 2 is 1.78 bits per heavy atom. The first-order valence-corrected chi connectivity index (χ1v) is 9.60. The Bertz CT molecular complexity index is 1150. The lowest BCUT2D eigenvalue weighted by Crippen LogP contribution is -2.42. The monoisotopic (exact) mass is 380 g/mol. The zero-order valence-corrected chi connectivity index (χ0v) is 15.0. The van der Waals surface area contributed by atoms with E-state index in [0.717, 1.165) is 10.8 Å². The lowest BCUT2D eigenvalue weighted by molar-refractivity contribution is -0.138. The van der Waals surface area contributed by atoms with E-state index >= 15 is 0 Å². The van der Waals surface area contributed by atoms with Crippen molar-refractivity contribution in [2.45, 2.75) is 17.4 Å². The molecule has 0 aliphatic carbocycles. The van der Waals surface area contributed by atoms with Crippen LogP contribution in [-0.2, 0) is 21.2 Å². The number of aliphatic carboxylic acids is 1. The van der Waals surface area contributed by atoms with Gasteiger partial charge in [0.1, 0.15) is 6.04 Å². The fourth-order valence-electron chi connectivity index (χ4n) is 2.77. The van der Waals surface area contributed by atoms with Crippen LogP contribution in [0.2, 0.25) is 0 Å². The molecule has 0 fully saturated rings. The summed E-state index contributed by atoms with van der Waals surface area (Å²) in [7, 11) is -4.03. The summed E-state index contributed by atoms with van der Waals surface area (Å²) in [6.07, 6.45) is -0.0718. The molecule has 0 bridgehead atoms. The molecule has 1 unspecified atom stereocenters. The highest BCUT2D eigenvalue weighted by molar-refractivity contribution is 7.89. The maximum Gasteiger partial charge on any atom is 0.322 e. The fraction of sp³-hybridized carbons (Fsp3) is 0.100. The molecule has 3 aromatic carbocycles. The second-order valence-electron chi connectivity index (χ2n) is 6.04. The number of hydrogen-bond donors (Lipinski definition) is 2. The number of hydrogen-bond acceptors (Lipinski definition) is 4. The van der Waals surface area contributed by atoms with Gasteiger partial charge < -0.3 is 5.11 Å². The Morgan fingerprint density at radius 1 is 1.04 bits per heavy atom. The van der Waals surface area contributed by atoms with Crippen LogP contribution in [-0.4, -0.2) is 25.5 Å². The SMILES string of the molecule is N#Cc1cccc(CC(NS(=O)(=O)c2ccc3ccccc3c2)C(=O)O)c1. The van der Waals surface area contributed by atoms with Gasteiger partial charge in [-0.1, -0.05) is 42.5 Å². The van der Waals surface area contributed by atoms with Crippen molar-refractivity contribution in [2.75, 3.05) is 0 Å². The lowest BCUT2D eigenvalue weighted by Gasteiger charge is -2.15. The van der Waals surface area contributed by atoms with Crippen LogP contribution in [0.25, 0.3) is 10.8 Å². The number of sulfonamides is 1. The first-order chi connectivity index (χ1) is 12.9. The predicted molar refractivity (Wildman–Crippen MR) is 101 cm³/mol. The third-order valence-corrected chi connectivity index (χ3v) is 5.59. The molecule has 6 nitrogen and oxygen atoms in total. The van der Waals surface area contributed by atoms with Gasteiger partial charge in [-0.25, -0.2) is 8.42 Å². The van der Waals surface area contributed by atoms with Crippen molar-refractivity contribution in [1.82, 2.24) is 4.72 Å². The Labute approximate surface area is 156 Å². The van der Waals surface area contributed by atoms with Crippen molar-refractivity contribution < 1.29 is 18.3 Å². The second kappa shape index (κ2) is 7.58. The highest BCUT2D eigenvalue weighted by Gasteiger charge is 2.26. The van der Waals surface area contributed by atoms with Crippen molar-refractivity contribution >= 4 is 26.8 Å². The van der Waals surface area contributed by atoms with Gasteiger partial charge in [-0.3, -0.25) is 4.79 Å². The third-order valence-electron chi connectivity index (χ3n) is 4.12. The third kappa shape index (κ3) is 4.31. The topological polar surface area (TPSA) is 107 Å². The summed E-state index contributed by atoms with van der Waals surface area (Å²) >= 11 is 0. The molecular formula is C20H16N2O4S. The number of fused-ring (bicyclic) bond motifs is 1. The predicted octanol–water partition coefficient (Wildman–Crippen LogP) is 2.69. The molecule has 136 valence electrons. The van der Waals surface area contributed by atoms with Gasteiger partial charge in [-0.05, 0) is 47.0 Å². The van der Waals surface area contributed by atoms with Crippen LogP contribution in [0.4, 0.5) is 0 Å². The Kier molecular flexibility index (Phi) is 5.21. The van der Waals surface area contributed by atoms with E-state index in [4.69, 9.17) is 5.26 Å². The van der Waals surface area contributed by atoms with E-state index in [-0.39, 0.29) is 11.3 Å². The molecule has 1 atom stereocenters. The minimum absolute atomic E-state index is 0.00164. The van der Waals surface area contributed by atoms with Crippen LogP contribution in [0.1, 0.15) is 11.1 Å². The molecule has 0 aromatic heterocycles. The molecule has 0 aliphatic rings. The minimum Gasteiger partial charge on any atom is -0.480 e. The average Bonchev–Trinajstić information content (AvgIpc) is 2.67. The summed E-state index contributed by atoms with van der Waals surface area (Å²) in [5.74, 6) is -1.29. The van der Waals surface area contributed by atoms with E-state index in [9.17, 15) is 18.3 Å². The molecule has 0 saturated heterocycles. The normalized spacial score (nSPS) is 12.4. The molecule has 0 heterocycles. The molecule has 0 aliphatic heterocycles. The van der Waals surface area contributed by atoms with E-state index < -0.39 is 22.0 Å². The van der Waals surface area contributed by atoms with Gasteiger partial charge in [-0.2, -0.15) is 9.98 Å². The number of benzene rings is 3. The van der Waals surface area contributed by atoms with Crippen molar-refractivity contribution in [2.24, 2.45) is 0 Å². The molecule has 7 heteroatoms. The van der Waals surface area contributed by atoms with Gasteiger partial charge in [0, 0.05) is 0 Å². The maximum atomic E-state index is 12.7. The number of carbonyl (C=O) groups is 1. The minimum atomic E-state index is -4.03. The Hall–Kier alpha value is -3.21. The standard InChI is InChI=1S/C20H16N2O4S/c21-13-15-5-3-4-14(10-15)11-19(20(23)24)22-27(25,26)18-9-8-16-6-1-2-7-17(16)12-18/h1-10,12,19,22H,11H2,(H,23,24). The summed E-state index contributed by atoms with van der Waals surface area (Å²) in [4.78, 5) is 11.6. The summed E-state index contributed by atoms with van der Waals surface area (Å²) in [5.41, 5.74) is 0.941. The number of carboxylic acids is 1.